The quantitative estimate of drug-likeness (QED) is 0.400. The zero-order valence-corrected chi connectivity index (χ0v) is 11.9. The zero-order valence-electron chi connectivity index (χ0n) is 9.72. The van der Waals surface area contributed by atoms with Gasteiger partial charge in [0.2, 0.25) is 0 Å². The maximum absolute atomic E-state index is 12.6. The predicted octanol–water partition coefficient (Wildman–Crippen LogP) is -0.174. The van der Waals surface area contributed by atoms with E-state index in [-0.39, 0.29) is 5.92 Å². The topological polar surface area (TPSA) is 29.5 Å². The van der Waals surface area contributed by atoms with Crippen molar-refractivity contribution in [2.24, 2.45) is 5.92 Å². The Bertz CT molecular complexity index is 340. The molecule has 1 aliphatic rings. The van der Waals surface area contributed by atoms with Crippen LogP contribution in [0.5, 0.6) is 0 Å². The van der Waals surface area contributed by atoms with E-state index in [1.54, 1.807) is 6.92 Å². The Balaban J connectivity index is 2.66. The first kappa shape index (κ1) is 17.0. The van der Waals surface area contributed by atoms with Crippen LogP contribution in [0.2, 0.25) is 0 Å². The summed E-state index contributed by atoms with van der Waals surface area (Å²) < 4.78 is 78.9. The number of hydrogen-bond donors (Lipinski definition) is 1. The van der Waals surface area contributed by atoms with E-state index in [4.69, 9.17) is 9.84 Å². The number of halogens is 7. The van der Waals surface area contributed by atoms with E-state index >= 15 is 0 Å². The molecule has 1 N–H and O–H groups in total. The van der Waals surface area contributed by atoms with Crippen LogP contribution in [0, 0.1) is 5.92 Å². The van der Waals surface area contributed by atoms with Gasteiger partial charge in [-0.3, -0.25) is 0 Å². The summed E-state index contributed by atoms with van der Waals surface area (Å²) >= 11 is -0.794. The number of ether oxygens (including phenoxy) is 1. The SMILES string of the molecule is C=C1[I-][C@H](OC(CC(O)C(F)(F)F)C(F)(F)F)C1C. The van der Waals surface area contributed by atoms with Crippen molar-refractivity contribution in [1.29, 1.82) is 0 Å². The predicted molar refractivity (Wildman–Crippen MR) is 49.7 cm³/mol. The van der Waals surface area contributed by atoms with E-state index in [2.05, 4.69) is 6.58 Å². The van der Waals surface area contributed by atoms with Gasteiger partial charge >= 0.3 is 115 Å². The second-order valence-corrected chi connectivity index (χ2v) is 7.39. The summed E-state index contributed by atoms with van der Waals surface area (Å²) in [4.78, 5) is 0. The molecule has 0 radical (unpaired) electrons. The van der Waals surface area contributed by atoms with Gasteiger partial charge in [0.15, 0.2) is 0 Å². The molecule has 1 rings (SSSR count). The van der Waals surface area contributed by atoms with Crippen LogP contribution in [-0.2, 0) is 4.74 Å². The van der Waals surface area contributed by atoms with Gasteiger partial charge in [0.1, 0.15) is 0 Å². The maximum atomic E-state index is 12.6. The Morgan fingerprint density at radius 2 is 1.79 bits per heavy atom. The molecule has 2 nitrogen and oxygen atoms in total. The number of hydrogen-bond acceptors (Lipinski definition) is 2. The van der Waals surface area contributed by atoms with Gasteiger partial charge in [-0.2, -0.15) is 0 Å². The zero-order chi connectivity index (χ0) is 15.0. The van der Waals surface area contributed by atoms with Crippen molar-refractivity contribution in [2.75, 3.05) is 0 Å². The number of rotatable bonds is 4. The van der Waals surface area contributed by atoms with Crippen molar-refractivity contribution in [3.8, 4) is 0 Å². The summed E-state index contributed by atoms with van der Waals surface area (Å²) in [6.07, 6.45) is -17.2. The van der Waals surface area contributed by atoms with Crippen LogP contribution >= 0.6 is 0 Å². The molecule has 0 saturated carbocycles. The van der Waals surface area contributed by atoms with Gasteiger partial charge < -0.3 is 0 Å². The summed E-state index contributed by atoms with van der Waals surface area (Å²) in [5.74, 6) is -0.277. The summed E-state index contributed by atoms with van der Waals surface area (Å²) in [6.45, 7) is 5.23. The molecule has 1 saturated heterocycles. The van der Waals surface area contributed by atoms with E-state index in [1.807, 2.05) is 0 Å². The van der Waals surface area contributed by atoms with Crippen LogP contribution in [-0.4, -0.2) is 33.8 Å². The standard InChI is InChI=1S/C10H12F6IO2/c1-4-5(2)17-8(4)19-7(10(14,15)16)3-6(18)9(11,12)13/h4,6-8,18H,2-3H2,1H3/q-1/t4?,6?,7?,8-/m1/s1. The fourth-order valence-electron chi connectivity index (χ4n) is 1.31. The molecule has 0 amide bonds. The molecular weight excluding hydrogens is 393 g/mol. The van der Waals surface area contributed by atoms with Gasteiger partial charge in [-0.05, 0) is 0 Å². The Hall–Kier alpha value is -0.0300. The van der Waals surface area contributed by atoms with Crippen molar-refractivity contribution in [2.45, 2.75) is 42.0 Å². The van der Waals surface area contributed by atoms with Crippen LogP contribution in [0.1, 0.15) is 13.3 Å². The van der Waals surface area contributed by atoms with Gasteiger partial charge in [-0.1, -0.05) is 0 Å². The molecule has 0 aromatic carbocycles. The number of aliphatic hydroxyl groups excluding tert-OH is 1. The molecule has 0 aromatic rings. The van der Waals surface area contributed by atoms with Crippen molar-refractivity contribution < 1.29 is 57.4 Å². The second kappa shape index (κ2) is 5.76. The van der Waals surface area contributed by atoms with Gasteiger partial charge in [0.25, 0.3) is 0 Å². The Kier molecular flexibility index (Phi) is 5.16. The van der Waals surface area contributed by atoms with Gasteiger partial charge in [0, 0.05) is 0 Å². The Morgan fingerprint density at radius 3 is 2.11 bits per heavy atom. The van der Waals surface area contributed by atoms with Crippen LogP contribution in [0.4, 0.5) is 26.3 Å². The molecule has 0 aliphatic carbocycles. The summed E-state index contributed by atoms with van der Waals surface area (Å²) in [6, 6.07) is 0. The normalized spacial score (nSPS) is 28.3. The molecular formula is C10H12F6IO2-. The average Bonchev–Trinajstić information content (AvgIpc) is 2.23. The third kappa shape index (κ3) is 4.48. The van der Waals surface area contributed by atoms with Crippen molar-refractivity contribution >= 4 is 0 Å². The number of aliphatic hydroxyl groups is 1. The third-order valence-electron chi connectivity index (χ3n) is 2.61. The molecule has 0 aromatic heterocycles. The van der Waals surface area contributed by atoms with Crippen LogP contribution < -0.4 is 21.2 Å². The van der Waals surface area contributed by atoms with E-state index in [0.717, 1.165) is 3.58 Å². The number of alkyl halides is 7. The first-order chi connectivity index (χ1) is 8.43. The summed E-state index contributed by atoms with van der Waals surface area (Å²) in [5, 5.41) is 8.73. The molecule has 0 spiro atoms. The first-order valence-corrected chi connectivity index (χ1v) is 7.54. The van der Waals surface area contributed by atoms with Crippen molar-refractivity contribution in [1.82, 2.24) is 0 Å². The fourth-order valence-corrected chi connectivity index (χ4v) is 3.87. The van der Waals surface area contributed by atoms with Crippen LogP contribution in [0.15, 0.2) is 10.2 Å². The van der Waals surface area contributed by atoms with Crippen molar-refractivity contribution in [3.05, 3.63) is 10.2 Å². The van der Waals surface area contributed by atoms with E-state index in [0.29, 0.717) is 0 Å². The van der Waals surface area contributed by atoms with E-state index in [1.165, 1.54) is 0 Å². The molecule has 1 aliphatic heterocycles. The fraction of sp³-hybridized carbons (Fsp3) is 0.800. The van der Waals surface area contributed by atoms with Gasteiger partial charge in [-0.25, -0.2) is 0 Å². The molecule has 4 atom stereocenters. The Labute approximate surface area is 116 Å². The molecule has 3 unspecified atom stereocenters. The second-order valence-electron chi connectivity index (χ2n) is 4.16. The molecule has 0 bridgehead atoms. The average molecular weight is 405 g/mol. The van der Waals surface area contributed by atoms with Gasteiger partial charge in [-0.15, -0.1) is 0 Å². The molecule has 19 heavy (non-hydrogen) atoms. The molecule has 114 valence electrons. The van der Waals surface area contributed by atoms with Crippen molar-refractivity contribution in [3.63, 3.8) is 0 Å². The van der Waals surface area contributed by atoms with Crippen LogP contribution in [0.25, 0.3) is 0 Å². The van der Waals surface area contributed by atoms with Crippen LogP contribution in [0.3, 0.4) is 0 Å². The molecule has 9 heteroatoms. The van der Waals surface area contributed by atoms with Gasteiger partial charge in [0.05, 0.1) is 0 Å². The minimum absolute atomic E-state index is 0.277. The monoisotopic (exact) mass is 405 g/mol. The molecule has 1 fully saturated rings. The summed E-state index contributed by atoms with van der Waals surface area (Å²) in [7, 11) is 0. The third-order valence-corrected chi connectivity index (χ3v) is 6.38. The molecule has 1 heterocycles. The summed E-state index contributed by atoms with van der Waals surface area (Å²) in [5.41, 5.74) is 0. The first-order valence-electron chi connectivity index (χ1n) is 5.22. The Morgan fingerprint density at radius 1 is 1.26 bits per heavy atom. The van der Waals surface area contributed by atoms with E-state index in [9.17, 15) is 26.3 Å². The van der Waals surface area contributed by atoms with E-state index < -0.39 is 56.3 Å². The minimum atomic E-state index is -5.09.